The summed E-state index contributed by atoms with van der Waals surface area (Å²) in [6.07, 6.45) is 4.59. The van der Waals surface area contributed by atoms with Crippen molar-refractivity contribution in [3.8, 4) is 11.4 Å². The Labute approximate surface area is 289 Å². The maximum atomic E-state index is 13.7. The lowest BCUT2D eigenvalue weighted by molar-refractivity contribution is 0.216. The van der Waals surface area contributed by atoms with Gasteiger partial charge in [0.15, 0.2) is 0 Å². The maximum absolute atomic E-state index is 13.7. The van der Waals surface area contributed by atoms with E-state index in [1.807, 2.05) is 35.0 Å². The molecule has 0 saturated heterocycles. The molecule has 4 aliphatic rings. The van der Waals surface area contributed by atoms with Crippen molar-refractivity contribution >= 4 is 0 Å². The van der Waals surface area contributed by atoms with E-state index >= 15 is 0 Å². The minimum absolute atomic E-state index is 0.0386. The SMILES string of the molecule is Cc1ccc(-n2[nH]c3c(c2=O)[C@H]2CC[C@]3(C)C2(C)C)cc1.Cc1ccc(-n2c(=O)c3c(n2Cc2ccccc2)[C@]2(C)CC[C@H]3C2(C)C)cc1. The molecule has 0 spiro atoms. The van der Waals surface area contributed by atoms with E-state index in [0.717, 1.165) is 48.3 Å². The van der Waals surface area contributed by atoms with Gasteiger partial charge in [0, 0.05) is 27.7 Å². The smallest absolute Gasteiger partial charge is 0.275 e. The van der Waals surface area contributed by atoms with Gasteiger partial charge in [0.1, 0.15) is 0 Å². The van der Waals surface area contributed by atoms with E-state index in [1.165, 1.54) is 34.5 Å². The van der Waals surface area contributed by atoms with Crippen molar-refractivity contribution in [3.05, 3.63) is 139 Å². The van der Waals surface area contributed by atoms with E-state index in [1.54, 1.807) is 4.68 Å². The molecule has 49 heavy (non-hydrogen) atoms. The Hall–Kier alpha value is -4.32. The first-order valence-corrected chi connectivity index (χ1v) is 18.1. The first-order chi connectivity index (χ1) is 23.2. The van der Waals surface area contributed by atoms with Crippen molar-refractivity contribution in [2.24, 2.45) is 10.8 Å². The van der Waals surface area contributed by atoms with Crippen LogP contribution in [0.25, 0.3) is 11.4 Å². The number of rotatable bonds is 4. The van der Waals surface area contributed by atoms with Crippen LogP contribution in [0.3, 0.4) is 0 Å². The molecule has 1 N–H and O–H groups in total. The molecule has 3 aromatic carbocycles. The zero-order chi connectivity index (χ0) is 34.7. The van der Waals surface area contributed by atoms with Crippen LogP contribution in [0.2, 0.25) is 0 Å². The van der Waals surface area contributed by atoms with Gasteiger partial charge in [-0.25, -0.2) is 9.36 Å². The fourth-order valence-corrected chi connectivity index (χ4v) is 10.3. The molecule has 2 fully saturated rings. The Morgan fingerprint density at radius 1 is 0.653 bits per heavy atom. The normalized spacial score (nSPS) is 26.4. The Morgan fingerprint density at radius 2 is 1.18 bits per heavy atom. The van der Waals surface area contributed by atoms with E-state index in [2.05, 4.69) is 114 Å². The summed E-state index contributed by atoms with van der Waals surface area (Å²) in [6, 6.07) is 26.9. The van der Waals surface area contributed by atoms with Crippen LogP contribution in [0.1, 0.15) is 118 Å². The molecule has 2 saturated carbocycles. The van der Waals surface area contributed by atoms with Gasteiger partial charge in [-0.05, 0) is 92.0 Å². The highest BCUT2D eigenvalue weighted by Gasteiger charge is 2.63. The van der Waals surface area contributed by atoms with Crippen LogP contribution in [0.4, 0.5) is 0 Å². The van der Waals surface area contributed by atoms with Crippen LogP contribution < -0.4 is 11.1 Å². The molecule has 5 aromatic rings. The number of aryl methyl sites for hydroxylation is 2. The second-order valence-corrected chi connectivity index (χ2v) is 16.9. The number of aromatic amines is 1. The van der Waals surface area contributed by atoms with Crippen molar-refractivity contribution in [1.82, 2.24) is 19.1 Å². The maximum Gasteiger partial charge on any atom is 0.275 e. The Kier molecular flexibility index (Phi) is 6.90. The third-order valence-corrected chi connectivity index (χ3v) is 14.1. The van der Waals surface area contributed by atoms with Gasteiger partial charge in [-0.15, -0.1) is 0 Å². The molecule has 2 heterocycles. The molecule has 0 unspecified atom stereocenters. The minimum atomic E-state index is 0.0386. The van der Waals surface area contributed by atoms with Crippen LogP contribution in [0.5, 0.6) is 0 Å². The van der Waals surface area contributed by atoms with Crippen molar-refractivity contribution in [3.63, 3.8) is 0 Å². The average molecular weight is 655 g/mol. The summed E-state index contributed by atoms with van der Waals surface area (Å²) in [5.41, 5.74) is 10.8. The highest BCUT2D eigenvalue weighted by atomic mass is 16.1. The van der Waals surface area contributed by atoms with Gasteiger partial charge in [0.2, 0.25) is 0 Å². The Balaban J connectivity index is 0.000000148. The lowest BCUT2D eigenvalue weighted by Gasteiger charge is -2.36. The third kappa shape index (κ3) is 4.25. The number of benzene rings is 3. The van der Waals surface area contributed by atoms with Gasteiger partial charge in [0.25, 0.3) is 11.1 Å². The highest BCUT2D eigenvalue weighted by Crippen LogP contribution is 2.68. The molecular weight excluding hydrogens is 604 g/mol. The number of hydrogen-bond donors (Lipinski definition) is 1. The summed E-state index contributed by atoms with van der Waals surface area (Å²) in [5, 5.41) is 3.43. The van der Waals surface area contributed by atoms with Crippen molar-refractivity contribution < 1.29 is 0 Å². The van der Waals surface area contributed by atoms with E-state index in [4.69, 9.17) is 0 Å². The summed E-state index contributed by atoms with van der Waals surface area (Å²) in [5.74, 6) is 0.752. The van der Waals surface area contributed by atoms with E-state index in [9.17, 15) is 9.59 Å². The van der Waals surface area contributed by atoms with Crippen LogP contribution in [-0.2, 0) is 17.4 Å². The number of H-pyrrole nitrogens is 1. The monoisotopic (exact) mass is 654 g/mol. The van der Waals surface area contributed by atoms with Crippen molar-refractivity contribution in [2.75, 3.05) is 0 Å². The molecule has 0 amide bonds. The van der Waals surface area contributed by atoms with E-state index in [0.29, 0.717) is 11.8 Å². The fraction of sp³-hybridized carbons (Fsp3) is 0.442. The zero-order valence-corrected chi connectivity index (χ0v) is 30.4. The first kappa shape index (κ1) is 31.9. The third-order valence-electron chi connectivity index (χ3n) is 14.1. The summed E-state index contributed by atoms with van der Waals surface area (Å²) in [6.45, 7) is 18.9. The molecule has 6 nitrogen and oxygen atoms in total. The molecule has 0 aliphatic heterocycles. The summed E-state index contributed by atoms with van der Waals surface area (Å²) < 4.78 is 5.94. The standard InChI is InChI=1S/C25H28N2O.C18H22N2O/c1-17-10-12-19(13-11-17)27-23(28)21-20-14-15-25(4,24(20,2)3)22(21)26(27)16-18-8-6-5-7-9-18;1-11-5-7-12(8-6-11)20-16(21)14-13-9-10-18(4,15(14)19-20)17(13,2)3/h5-13,20H,14-16H2,1-4H3;5-8,13,19H,9-10H2,1-4H3/t20-,25+;13-,18+/m11/s1. The molecule has 2 aromatic heterocycles. The molecule has 4 bridgehead atoms. The predicted octanol–water partition coefficient (Wildman–Crippen LogP) is 8.82. The summed E-state index contributed by atoms with van der Waals surface area (Å²) in [4.78, 5) is 26.6. The van der Waals surface area contributed by atoms with Gasteiger partial charge >= 0.3 is 0 Å². The van der Waals surface area contributed by atoms with Gasteiger partial charge in [-0.2, -0.15) is 0 Å². The molecule has 9 rings (SSSR count). The van der Waals surface area contributed by atoms with Crippen LogP contribution in [0, 0.1) is 24.7 Å². The molecule has 6 heteroatoms. The molecule has 254 valence electrons. The van der Waals surface area contributed by atoms with Crippen molar-refractivity contribution in [1.29, 1.82) is 0 Å². The van der Waals surface area contributed by atoms with Gasteiger partial charge in [-0.3, -0.25) is 19.4 Å². The number of fused-ring (bicyclic) bond motifs is 10. The lowest BCUT2D eigenvalue weighted by Crippen LogP contribution is -2.36. The number of nitrogens with zero attached hydrogens (tertiary/aromatic N) is 3. The largest absolute Gasteiger partial charge is 0.294 e. The van der Waals surface area contributed by atoms with Crippen molar-refractivity contribution in [2.45, 2.75) is 110 Å². The number of aromatic nitrogens is 4. The molecule has 4 atom stereocenters. The summed E-state index contributed by atoms with van der Waals surface area (Å²) >= 11 is 0. The Morgan fingerprint density at radius 3 is 1.78 bits per heavy atom. The van der Waals surface area contributed by atoms with Gasteiger partial charge in [0.05, 0.1) is 23.6 Å². The van der Waals surface area contributed by atoms with Crippen LogP contribution in [-0.4, -0.2) is 19.1 Å². The summed E-state index contributed by atoms with van der Waals surface area (Å²) in [7, 11) is 0. The number of hydrogen-bond acceptors (Lipinski definition) is 2. The zero-order valence-electron chi connectivity index (χ0n) is 30.4. The quantitative estimate of drug-likeness (QED) is 0.211. The van der Waals surface area contributed by atoms with E-state index in [-0.39, 0.29) is 32.8 Å². The predicted molar refractivity (Wildman–Crippen MR) is 198 cm³/mol. The van der Waals surface area contributed by atoms with Gasteiger partial charge in [-0.1, -0.05) is 107 Å². The second kappa shape index (κ2) is 10.6. The topological polar surface area (TPSA) is 64.7 Å². The Bertz CT molecular complexity index is 2190. The fourth-order valence-electron chi connectivity index (χ4n) is 10.3. The average Bonchev–Trinajstić information content (AvgIpc) is 3.79. The first-order valence-electron chi connectivity index (χ1n) is 18.1. The minimum Gasteiger partial charge on any atom is -0.294 e. The van der Waals surface area contributed by atoms with Crippen LogP contribution >= 0.6 is 0 Å². The molecule has 0 radical (unpaired) electrons. The second-order valence-electron chi connectivity index (χ2n) is 16.9. The highest BCUT2D eigenvalue weighted by molar-refractivity contribution is 5.49. The molecular formula is C43H50N4O2. The van der Waals surface area contributed by atoms with E-state index < -0.39 is 0 Å². The van der Waals surface area contributed by atoms with Gasteiger partial charge < -0.3 is 0 Å². The lowest BCUT2D eigenvalue weighted by atomic mass is 9.70. The van der Waals surface area contributed by atoms with Crippen LogP contribution in [0.15, 0.2) is 88.5 Å². The number of nitrogens with one attached hydrogen (secondary N) is 1. The molecule has 4 aliphatic carbocycles.